The maximum atomic E-state index is 12.3. The van der Waals surface area contributed by atoms with Gasteiger partial charge in [-0.3, -0.25) is 0 Å². The van der Waals surface area contributed by atoms with Crippen molar-refractivity contribution in [2.75, 3.05) is 7.05 Å². The van der Waals surface area contributed by atoms with Crippen LogP contribution in [0.1, 0.15) is 17.0 Å². The minimum absolute atomic E-state index is 0.00543. The van der Waals surface area contributed by atoms with Gasteiger partial charge in [0.2, 0.25) is 16.4 Å². The lowest BCUT2D eigenvalue weighted by molar-refractivity contribution is 0.409. The first kappa shape index (κ1) is 14.6. The molecular weight excluding hydrogens is 280 g/mol. The van der Waals surface area contributed by atoms with Crippen LogP contribution in [0.2, 0.25) is 0 Å². The lowest BCUT2D eigenvalue weighted by Crippen LogP contribution is -2.25. The molecule has 0 fully saturated rings. The molecule has 0 aliphatic heterocycles. The molecule has 2 aromatic rings. The predicted molar refractivity (Wildman–Crippen MR) is 72.3 cm³/mol. The van der Waals surface area contributed by atoms with Crippen molar-refractivity contribution in [3.05, 3.63) is 41.5 Å². The number of sulfonamides is 1. The van der Waals surface area contributed by atoms with Gasteiger partial charge >= 0.3 is 0 Å². The molecule has 2 rings (SSSR count). The van der Waals surface area contributed by atoms with Crippen LogP contribution in [0.5, 0.6) is 0 Å². The van der Waals surface area contributed by atoms with Crippen molar-refractivity contribution in [3.8, 4) is 0 Å². The summed E-state index contributed by atoms with van der Waals surface area (Å²) in [5.74, 6) is 0.289. The van der Waals surface area contributed by atoms with E-state index in [1.54, 1.807) is 19.1 Å². The Balaban J connectivity index is 2.23. The van der Waals surface area contributed by atoms with E-state index in [0.29, 0.717) is 6.54 Å². The Morgan fingerprint density at radius 3 is 2.75 bits per heavy atom. The van der Waals surface area contributed by atoms with Crippen molar-refractivity contribution >= 4 is 10.0 Å². The number of hydrogen-bond donors (Lipinski definition) is 2. The van der Waals surface area contributed by atoms with E-state index in [-0.39, 0.29) is 17.3 Å². The van der Waals surface area contributed by atoms with Crippen molar-refractivity contribution in [1.29, 1.82) is 0 Å². The van der Waals surface area contributed by atoms with Crippen molar-refractivity contribution < 1.29 is 12.9 Å². The Hall–Kier alpha value is -1.77. The summed E-state index contributed by atoms with van der Waals surface area (Å²) in [6.45, 7) is 2.39. The van der Waals surface area contributed by atoms with E-state index in [1.807, 2.05) is 13.1 Å². The molecule has 2 N–H and O–H groups in total. The molecule has 0 aliphatic carbocycles. The molecule has 0 amide bonds. The van der Waals surface area contributed by atoms with Crippen molar-refractivity contribution in [1.82, 2.24) is 20.2 Å². The average molecular weight is 296 g/mol. The highest BCUT2D eigenvalue weighted by molar-refractivity contribution is 7.89. The fourth-order valence-corrected chi connectivity index (χ4v) is 3.11. The molecule has 0 saturated carbocycles. The number of nitrogens with one attached hydrogen (secondary N) is 2. The maximum absolute atomic E-state index is 12.3. The van der Waals surface area contributed by atoms with Gasteiger partial charge in [0.15, 0.2) is 5.82 Å². The topological polar surface area (TPSA) is 97.1 Å². The Labute approximate surface area is 117 Å². The van der Waals surface area contributed by atoms with Crippen LogP contribution >= 0.6 is 0 Å². The highest BCUT2D eigenvalue weighted by Gasteiger charge is 2.18. The first-order chi connectivity index (χ1) is 9.54. The summed E-state index contributed by atoms with van der Waals surface area (Å²) in [4.78, 5) is 4.03. The standard InChI is InChI=1S/C12H16N4O3S/c1-9-10(6-13-2)4-3-5-11(9)20(17,18)15-7-12-14-8-19-16-12/h3-5,8,13,15H,6-7H2,1-2H3. The van der Waals surface area contributed by atoms with Gasteiger partial charge < -0.3 is 9.84 Å². The fraction of sp³-hybridized carbons (Fsp3) is 0.333. The number of nitrogens with zero attached hydrogens (tertiary/aromatic N) is 2. The zero-order valence-corrected chi connectivity index (χ0v) is 12.1. The zero-order valence-electron chi connectivity index (χ0n) is 11.3. The third-order valence-electron chi connectivity index (χ3n) is 2.88. The molecule has 0 spiro atoms. The summed E-state index contributed by atoms with van der Waals surface area (Å²) >= 11 is 0. The van der Waals surface area contributed by atoms with Crippen LogP contribution in [-0.4, -0.2) is 25.6 Å². The van der Waals surface area contributed by atoms with Crippen LogP contribution < -0.4 is 10.0 Å². The number of hydrogen-bond acceptors (Lipinski definition) is 6. The molecule has 0 atom stereocenters. The van der Waals surface area contributed by atoms with Gasteiger partial charge in [-0.25, -0.2) is 13.1 Å². The smallest absolute Gasteiger partial charge is 0.241 e. The summed E-state index contributed by atoms with van der Waals surface area (Å²) in [6, 6.07) is 5.19. The SMILES string of the molecule is CNCc1cccc(S(=O)(=O)NCc2ncon2)c1C. The monoisotopic (exact) mass is 296 g/mol. The molecule has 8 heteroatoms. The van der Waals surface area contributed by atoms with Crippen LogP contribution in [0, 0.1) is 6.92 Å². The predicted octanol–water partition coefficient (Wildman–Crippen LogP) is 0.576. The van der Waals surface area contributed by atoms with Crippen LogP contribution in [0.3, 0.4) is 0 Å². The Bertz CT molecular complexity index is 668. The van der Waals surface area contributed by atoms with Crippen molar-refractivity contribution in [2.45, 2.75) is 24.9 Å². The molecule has 20 heavy (non-hydrogen) atoms. The van der Waals surface area contributed by atoms with Gasteiger partial charge in [-0.05, 0) is 31.2 Å². The molecule has 0 unspecified atom stereocenters. The van der Waals surface area contributed by atoms with Crippen molar-refractivity contribution in [2.24, 2.45) is 0 Å². The number of rotatable bonds is 6. The third kappa shape index (κ3) is 3.21. The zero-order chi connectivity index (χ0) is 14.6. The first-order valence-electron chi connectivity index (χ1n) is 6.02. The van der Waals surface area contributed by atoms with Crippen LogP contribution in [0.15, 0.2) is 34.0 Å². The Morgan fingerprint density at radius 2 is 2.10 bits per heavy atom. The summed E-state index contributed by atoms with van der Waals surface area (Å²) in [7, 11) is -1.79. The summed E-state index contributed by atoms with van der Waals surface area (Å²) < 4.78 is 31.6. The summed E-state index contributed by atoms with van der Waals surface area (Å²) in [5, 5.41) is 6.57. The molecule has 0 bridgehead atoms. The second-order valence-corrected chi connectivity index (χ2v) is 5.98. The normalized spacial score (nSPS) is 11.7. The molecule has 1 heterocycles. The van der Waals surface area contributed by atoms with E-state index >= 15 is 0 Å². The number of benzene rings is 1. The molecule has 0 radical (unpaired) electrons. The third-order valence-corrected chi connectivity index (χ3v) is 4.43. The Morgan fingerprint density at radius 1 is 1.30 bits per heavy atom. The van der Waals surface area contributed by atoms with Gasteiger partial charge in [0, 0.05) is 6.54 Å². The van der Waals surface area contributed by atoms with Gasteiger partial charge in [0.05, 0.1) is 11.4 Å². The van der Waals surface area contributed by atoms with Gasteiger partial charge in [-0.2, -0.15) is 4.98 Å². The van der Waals surface area contributed by atoms with Gasteiger partial charge in [-0.1, -0.05) is 17.3 Å². The fourth-order valence-electron chi connectivity index (χ4n) is 1.84. The highest BCUT2D eigenvalue weighted by Crippen LogP contribution is 2.18. The maximum Gasteiger partial charge on any atom is 0.241 e. The summed E-state index contributed by atoms with van der Waals surface area (Å²) in [5.41, 5.74) is 1.66. The van der Waals surface area contributed by atoms with Crippen LogP contribution in [0.25, 0.3) is 0 Å². The molecule has 1 aromatic carbocycles. The van der Waals surface area contributed by atoms with Gasteiger partial charge in [0.25, 0.3) is 0 Å². The minimum atomic E-state index is -3.61. The van der Waals surface area contributed by atoms with E-state index in [1.165, 1.54) is 0 Å². The molecule has 0 aliphatic rings. The van der Waals surface area contributed by atoms with E-state index in [0.717, 1.165) is 17.5 Å². The Kier molecular flexibility index (Phi) is 4.48. The lowest BCUT2D eigenvalue weighted by atomic mass is 10.1. The van der Waals surface area contributed by atoms with Crippen LogP contribution in [-0.2, 0) is 23.1 Å². The quantitative estimate of drug-likeness (QED) is 0.809. The molecule has 108 valence electrons. The molecular formula is C12H16N4O3S. The van der Waals surface area contributed by atoms with Crippen molar-refractivity contribution in [3.63, 3.8) is 0 Å². The first-order valence-corrected chi connectivity index (χ1v) is 7.51. The van der Waals surface area contributed by atoms with E-state index in [9.17, 15) is 8.42 Å². The molecule has 0 saturated heterocycles. The largest absolute Gasteiger partial charge is 0.343 e. The lowest BCUT2D eigenvalue weighted by Gasteiger charge is -2.11. The molecule has 1 aromatic heterocycles. The average Bonchev–Trinajstić information content (AvgIpc) is 2.92. The minimum Gasteiger partial charge on any atom is -0.343 e. The second-order valence-electron chi connectivity index (χ2n) is 4.24. The van der Waals surface area contributed by atoms with E-state index in [4.69, 9.17) is 0 Å². The summed E-state index contributed by atoms with van der Waals surface area (Å²) in [6.07, 6.45) is 1.16. The van der Waals surface area contributed by atoms with Crippen LogP contribution in [0.4, 0.5) is 0 Å². The number of aromatic nitrogens is 2. The van der Waals surface area contributed by atoms with Gasteiger partial charge in [0.1, 0.15) is 0 Å². The van der Waals surface area contributed by atoms with E-state index < -0.39 is 10.0 Å². The highest BCUT2D eigenvalue weighted by atomic mass is 32.2. The molecule has 7 nitrogen and oxygen atoms in total. The van der Waals surface area contributed by atoms with Gasteiger partial charge in [-0.15, -0.1) is 0 Å². The second kappa shape index (κ2) is 6.12. The van der Waals surface area contributed by atoms with E-state index in [2.05, 4.69) is 24.7 Å².